The molecular formula is C8H22OSn. The fraction of sp³-hybridized carbons (Fsp3) is 1.00. The second kappa shape index (κ2) is 12.4. The van der Waals surface area contributed by atoms with Gasteiger partial charge in [0.25, 0.3) is 0 Å². The van der Waals surface area contributed by atoms with Crippen LogP contribution >= 0.6 is 0 Å². The SMILES string of the molecule is CCCCOCCCC.[SnH4]. The van der Waals surface area contributed by atoms with Gasteiger partial charge in [0.15, 0.2) is 0 Å². The quantitative estimate of drug-likeness (QED) is 0.509. The van der Waals surface area contributed by atoms with Crippen LogP contribution in [0.15, 0.2) is 0 Å². The fourth-order valence-electron chi connectivity index (χ4n) is 0.595. The minimum absolute atomic E-state index is 0. The Bertz CT molecular complexity index is 42.5. The number of unbranched alkanes of at least 4 members (excludes halogenated alkanes) is 2. The van der Waals surface area contributed by atoms with Crippen LogP contribution in [0.4, 0.5) is 0 Å². The third-order valence-corrected chi connectivity index (χ3v) is 1.28. The molecule has 0 N–H and O–H groups in total. The molecule has 0 saturated carbocycles. The minimum atomic E-state index is 0. The van der Waals surface area contributed by atoms with E-state index in [0.717, 1.165) is 13.2 Å². The standard InChI is InChI=1S/C8H18O.Sn.4H/c1-3-5-7-9-8-6-4-2;;;;;/h3-8H2,1-2H3;;;;;. The van der Waals surface area contributed by atoms with E-state index in [2.05, 4.69) is 13.8 Å². The van der Waals surface area contributed by atoms with E-state index in [1.807, 2.05) is 0 Å². The van der Waals surface area contributed by atoms with E-state index in [-0.39, 0.29) is 23.9 Å². The van der Waals surface area contributed by atoms with Crippen LogP contribution in [-0.2, 0) is 4.74 Å². The number of hydrogen-bond acceptors (Lipinski definition) is 1. The van der Waals surface area contributed by atoms with Gasteiger partial charge < -0.3 is 4.74 Å². The number of ether oxygens (including phenoxy) is 1. The average Bonchev–Trinajstić information content (AvgIpc) is 1.89. The molecule has 0 aromatic heterocycles. The Morgan fingerprint density at radius 2 is 1.30 bits per heavy atom. The maximum absolute atomic E-state index is 5.31. The molecule has 0 bridgehead atoms. The first kappa shape index (κ1) is 13.4. The van der Waals surface area contributed by atoms with Crippen LogP contribution in [0.2, 0.25) is 0 Å². The van der Waals surface area contributed by atoms with E-state index in [9.17, 15) is 0 Å². The molecule has 64 valence electrons. The summed E-state index contributed by atoms with van der Waals surface area (Å²) in [6, 6.07) is 0. The summed E-state index contributed by atoms with van der Waals surface area (Å²) >= 11 is 0. The molecule has 0 rings (SSSR count). The van der Waals surface area contributed by atoms with Crippen molar-refractivity contribution in [2.45, 2.75) is 39.5 Å². The van der Waals surface area contributed by atoms with Crippen molar-refractivity contribution in [3.63, 3.8) is 0 Å². The first-order valence-corrected chi connectivity index (χ1v) is 3.99. The van der Waals surface area contributed by atoms with Crippen molar-refractivity contribution in [2.75, 3.05) is 13.2 Å². The van der Waals surface area contributed by atoms with E-state index < -0.39 is 0 Å². The van der Waals surface area contributed by atoms with E-state index in [4.69, 9.17) is 4.74 Å². The molecule has 1 nitrogen and oxygen atoms in total. The summed E-state index contributed by atoms with van der Waals surface area (Å²) in [4.78, 5) is 0. The molecule has 0 saturated heterocycles. The first-order chi connectivity index (χ1) is 4.41. The molecule has 0 aliphatic heterocycles. The van der Waals surface area contributed by atoms with Gasteiger partial charge in [-0.1, -0.05) is 26.7 Å². The van der Waals surface area contributed by atoms with Crippen molar-refractivity contribution >= 4 is 23.9 Å². The van der Waals surface area contributed by atoms with Gasteiger partial charge in [-0.3, -0.25) is 0 Å². The normalized spacial score (nSPS) is 9.00. The van der Waals surface area contributed by atoms with Crippen molar-refractivity contribution in [1.82, 2.24) is 0 Å². The van der Waals surface area contributed by atoms with Gasteiger partial charge in [0, 0.05) is 13.2 Å². The zero-order valence-electron chi connectivity index (χ0n) is 6.65. The maximum atomic E-state index is 5.31. The molecule has 0 heterocycles. The summed E-state index contributed by atoms with van der Waals surface area (Å²) in [7, 11) is 0. The zero-order chi connectivity index (χ0) is 6.95. The number of rotatable bonds is 6. The van der Waals surface area contributed by atoms with Crippen LogP contribution in [0, 0.1) is 0 Å². The van der Waals surface area contributed by atoms with Crippen molar-refractivity contribution in [1.29, 1.82) is 0 Å². The molecule has 0 aromatic rings. The molecule has 0 spiro atoms. The van der Waals surface area contributed by atoms with Gasteiger partial charge in [-0.25, -0.2) is 0 Å². The first-order valence-electron chi connectivity index (χ1n) is 3.99. The Morgan fingerprint density at radius 1 is 0.900 bits per heavy atom. The summed E-state index contributed by atoms with van der Waals surface area (Å²) < 4.78 is 5.31. The fourth-order valence-corrected chi connectivity index (χ4v) is 0.595. The predicted molar refractivity (Wildman–Crippen MR) is 52.0 cm³/mol. The molecule has 0 aliphatic carbocycles. The molecule has 0 aliphatic rings. The average molecular weight is 253 g/mol. The van der Waals surface area contributed by atoms with Gasteiger partial charge in [-0.2, -0.15) is 0 Å². The Hall–Kier alpha value is 0.759. The molecule has 0 unspecified atom stereocenters. The summed E-state index contributed by atoms with van der Waals surface area (Å²) in [6.45, 7) is 6.28. The molecule has 10 heavy (non-hydrogen) atoms. The van der Waals surface area contributed by atoms with Gasteiger partial charge in [0.1, 0.15) is 0 Å². The summed E-state index contributed by atoms with van der Waals surface area (Å²) in [5.74, 6) is 0. The summed E-state index contributed by atoms with van der Waals surface area (Å²) in [6.07, 6.45) is 4.91. The molecular weight excluding hydrogens is 231 g/mol. The second-order valence-electron chi connectivity index (χ2n) is 2.32. The summed E-state index contributed by atoms with van der Waals surface area (Å²) in [5.41, 5.74) is 0. The zero-order valence-corrected chi connectivity index (χ0v) is 6.65. The third-order valence-electron chi connectivity index (χ3n) is 1.28. The van der Waals surface area contributed by atoms with E-state index in [1.165, 1.54) is 25.7 Å². The molecule has 0 amide bonds. The van der Waals surface area contributed by atoms with Gasteiger partial charge in [-0.05, 0) is 12.8 Å². The molecule has 0 aromatic carbocycles. The Labute approximate surface area is 81.5 Å². The van der Waals surface area contributed by atoms with Gasteiger partial charge >= 0.3 is 23.9 Å². The molecule has 0 atom stereocenters. The van der Waals surface area contributed by atoms with E-state index in [0.29, 0.717) is 0 Å². The van der Waals surface area contributed by atoms with Gasteiger partial charge in [0.2, 0.25) is 0 Å². The Balaban J connectivity index is 0. The van der Waals surface area contributed by atoms with Crippen LogP contribution in [-0.4, -0.2) is 37.1 Å². The van der Waals surface area contributed by atoms with Crippen LogP contribution < -0.4 is 0 Å². The van der Waals surface area contributed by atoms with Crippen LogP contribution in [0.25, 0.3) is 0 Å². The monoisotopic (exact) mass is 254 g/mol. The van der Waals surface area contributed by atoms with Gasteiger partial charge in [-0.15, -0.1) is 0 Å². The Morgan fingerprint density at radius 3 is 1.60 bits per heavy atom. The Kier molecular flexibility index (Phi) is 16.6. The van der Waals surface area contributed by atoms with Crippen molar-refractivity contribution in [3.8, 4) is 0 Å². The summed E-state index contributed by atoms with van der Waals surface area (Å²) in [5, 5.41) is 0. The number of hydrogen-bond donors (Lipinski definition) is 0. The van der Waals surface area contributed by atoms with Crippen molar-refractivity contribution in [3.05, 3.63) is 0 Å². The third kappa shape index (κ3) is 11.5. The molecule has 0 fully saturated rings. The molecule has 0 radical (unpaired) electrons. The van der Waals surface area contributed by atoms with Crippen LogP contribution in [0.1, 0.15) is 39.5 Å². The topological polar surface area (TPSA) is 9.23 Å². The van der Waals surface area contributed by atoms with Crippen LogP contribution in [0.3, 0.4) is 0 Å². The van der Waals surface area contributed by atoms with E-state index in [1.54, 1.807) is 0 Å². The van der Waals surface area contributed by atoms with E-state index >= 15 is 0 Å². The second-order valence-corrected chi connectivity index (χ2v) is 2.32. The van der Waals surface area contributed by atoms with Gasteiger partial charge in [0.05, 0.1) is 0 Å². The predicted octanol–water partition coefficient (Wildman–Crippen LogP) is 1.15. The van der Waals surface area contributed by atoms with Crippen molar-refractivity contribution in [2.24, 2.45) is 0 Å². The van der Waals surface area contributed by atoms with Crippen molar-refractivity contribution < 1.29 is 4.74 Å². The molecule has 2 heteroatoms. The van der Waals surface area contributed by atoms with Crippen LogP contribution in [0.5, 0.6) is 0 Å².